The highest BCUT2D eigenvalue weighted by Crippen LogP contribution is 2.04. The van der Waals surface area contributed by atoms with E-state index in [1.165, 1.54) is 16.7 Å². The molecule has 0 aliphatic heterocycles. The second kappa shape index (κ2) is 6.72. The van der Waals surface area contributed by atoms with Crippen molar-refractivity contribution in [2.24, 2.45) is 0 Å². The van der Waals surface area contributed by atoms with E-state index < -0.39 is 0 Å². The van der Waals surface area contributed by atoms with Crippen LogP contribution in [-0.2, 0) is 6.54 Å². The van der Waals surface area contributed by atoms with E-state index in [1.807, 2.05) is 30.6 Å². The van der Waals surface area contributed by atoms with Gasteiger partial charge in [-0.05, 0) is 29.7 Å². The highest BCUT2D eigenvalue weighted by Gasteiger charge is 1.95. The van der Waals surface area contributed by atoms with E-state index in [2.05, 4.69) is 47.6 Å². The van der Waals surface area contributed by atoms with Crippen molar-refractivity contribution in [3.63, 3.8) is 0 Å². The van der Waals surface area contributed by atoms with Gasteiger partial charge in [-0.25, -0.2) is 0 Å². The summed E-state index contributed by atoms with van der Waals surface area (Å²) >= 11 is 0. The topological polar surface area (TPSA) is 24.9 Å². The monoisotopic (exact) mass is 238 g/mol. The van der Waals surface area contributed by atoms with Crippen LogP contribution in [0, 0.1) is 6.92 Å². The van der Waals surface area contributed by atoms with Crippen molar-refractivity contribution in [2.45, 2.75) is 13.5 Å². The maximum Gasteiger partial charge on any atom is 0.0300 e. The van der Waals surface area contributed by atoms with Gasteiger partial charge in [0.25, 0.3) is 0 Å². The molecule has 0 unspecified atom stereocenters. The van der Waals surface area contributed by atoms with Crippen molar-refractivity contribution in [3.05, 3.63) is 71.6 Å². The standard InChI is InChI=1S/C16H18N2/c1-14-12-18-11-9-16(14)13-17-10-5-8-15-6-3-2-4-7-15/h2-9,11-12,17H,10,13H2,1H3/b8-5+. The number of benzene rings is 1. The number of hydrogen-bond acceptors (Lipinski definition) is 2. The third-order valence-electron chi connectivity index (χ3n) is 2.82. The lowest BCUT2D eigenvalue weighted by molar-refractivity contribution is 0.755. The Morgan fingerprint density at radius 1 is 1.17 bits per heavy atom. The molecule has 1 heterocycles. The van der Waals surface area contributed by atoms with Crippen LogP contribution in [0.25, 0.3) is 6.08 Å². The second-order valence-corrected chi connectivity index (χ2v) is 4.25. The quantitative estimate of drug-likeness (QED) is 0.809. The van der Waals surface area contributed by atoms with Crippen LogP contribution in [0.2, 0.25) is 0 Å². The minimum Gasteiger partial charge on any atom is -0.309 e. The molecule has 0 atom stereocenters. The lowest BCUT2D eigenvalue weighted by Gasteiger charge is -2.04. The molecule has 0 saturated carbocycles. The van der Waals surface area contributed by atoms with E-state index in [9.17, 15) is 0 Å². The third-order valence-corrected chi connectivity index (χ3v) is 2.82. The van der Waals surface area contributed by atoms with Crippen molar-refractivity contribution in [1.82, 2.24) is 10.3 Å². The maximum absolute atomic E-state index is 4.09. The van der Waals surface area contributed by atoms with Gasteiger partial charge in [0, 0.05) is 25.5 Å². The first kappa shape index (κ1) is 12.5. The number of aromatic nitrogens is 1. The summed E-state index contributed by atoms with van der Waals surface area (Å²) in [5.74, 6) is 0. The Morgan fingerprint density at radius 2 is 2.00 bits per heavy atom. The smallest absolute Gasteiger partial charge is 0.0300 e. The van der Waals surface area contributed by atoms with E-state index in [-0.39, 0.29) is 0 Å². The molecule has 2 heteroatoms. The largest absolute Gasteiger partial charge is 0.309 e. The predicted octanol–water partition coefficient (Wildman–Crippen LogP) is 3.19. The minimum absolute atomic E-state index is 0.872. The summed E-state index contributed by atoms with van der Waals surface area (Å²) in [4.78, 5) is 4.09. The summed E-state index contributed by atoms with van der Waals surface area (Å²) in [5.41, 5.74) is 3.77. The summed E-state index contributed by atoms with van der Waals surface area (Å²) in [5, 5.41) is 3.40. The van der Waals surface area contributed by atoms with Crippen molar-refractivity contribution in [2.75, 3.05) is 6.54 Å². The Kier molecular flexibility index (Phi) is 4.68. The lowest BCUT2D eigenvalue weighted by atomic mass is 10.1. The van der Waals surface area contributed by atoms with Crippen LogP contribution < -0.4 is 5.32 Å². The number of rotatable bonds is 5. The molecule has 1 N–H and O–H groups in total. The number of aryl methyl sites for hydroxylation is 1. The number of hydrogen-bond donors (Lipinski definition) is 1. The normalized spacial score (nSPS) is 10.9. The molecule has 0 aliphatic rings. The van der Waals surface area contributed by atoms with Crippen LogP contribution in [0.4, 0.5) is 0 Å². The van der Waals surface area contributed by atoms with Gasteiger partial charge in [0.05, 0.1) is 0 Å². The van der Waals surface area contributed by atoms with Gasteiger partial charge >= 0.3 is 0 Å². The van der Waals surface area contributed by atoms with E-state index in [1.54, 1.807) is 0 Å². The van der Waals surface area contributed by atoms with Gasteiger partial charge in [0.15, 0.2) is 0 Å². The fourth-order valence-electron chi connectivity index (χ4n) is 1.75. The van der Waals surface area contributed by atoms with Gasteiger partial charge in [-0.3, -0.25) is 4.98 Å². The second-order valence-electron chi connectivity index (χ2n) is 4.25. The van der Waals surface area contributed by atoms with Crippen LogP contribution in [-0.4, -0.2) is 11.5 Å². The number of pyridine rings is 1. The molecule has 0 bridgehead atoms. The molecule has 0 spiro atoms. The van der Waals surface area contributed by atoms with Crippen LogP contribution >= 0.6 is 0 Å². The maximum atomic E-state index is 4.09. The van der Waals surface area contributed by atoms with Gasteiger partial charge < -0.3 is 5.32 Å². The first-order chi connectivity index (χ1) is 8.86. The van der Waals surface area contributed by atoms with Gasteiger partial charge in [-0.1, -0.05) is 42.5 Å². The van der Waals surface area contributed by atoms with Gasteiger partial charge in [0.2, 0.25) is 0 Å². The Morgan fingerprint density at radius 3 is 2.78 bits per heavy atom. The van der Waals surface area contributed by atoms with Crippen LogP contribution in [0.5, 0.6) is 0 Å². The fraction of sp³-hybridized carbons (Fsp3) is 0.188. The molecule has 92 valence electrons. The third kappa shape index (κ3) is 3.82. The van der Waals surface area contributed by atoms with E-state index >= 15 is 0 Å². The van der Waals surface area contributed by atoms with Crippen LogP contribution in [0.3, 0.4) is 0 Å². The van der Waals surface area contributed by atoms with E-state index in [0.29, 0.717) is 0 Å². The van der Waals surface area contributed by atoms with Crippen molar-refractivity contribution < 1.29 is 0 Å². The highest BCUT2D eigenvalue weighted by molar-refractivity contribution is 5.48. The predicted molar refractivity (Wildman–Crippen MR) is 76.2 cm³/mol. The van der Waals surface area contributed by atoms with Crippen molar-refractivity contribution >= 4 is 6.08 Å². The zero-order valence-electron chi connectivity index (χ0n) is 10.6. The summed E-state index contributed by atoms with van der Waals surface area (Å²) < 4.78 is 0. The first-order valence-electron chi connectivity index (χ1n) is 6.18. The summed E-state index contributed by atoms with van der Waals surface area (Å²) in [6.07, 6.45) is 8.01. The molecular weight excluding hydrogens is 220 g/mol. The first-order valence-corrected chi connectivity index (χ1v) is 6.18. The van der Waals surface area contributed by atoms with Crippen molar-refractivity contribution in [3.8, 4) is 0 Å². The molecule has 0 saturated heterocycles. The average Bonchev–Trinajstić information content (AvgIpc) is 2.42. The Labute approximate surface area is 108 Å². The molecule has 1 aromatic carbocycles. The molecule has 1 aromatic heterocycles. The molecule has 2 nitrogen and oxygen atoms in total. The zero-order chi connectivity index (χ0) is 12.6. The summed E-state index contributed by atoms with van der Waals surface area (Å²) in [6, 6.07) is 12.4. The van der Waals surface area contributed by atoms with E-state index in [0.717, 1.165) is 13.1 Å². The molecule has 0 amide bonds. The number of nitrogens with one attached hydrogen (secondary N) is 1. The van der Waals surface area contributed by atoms with Gasteiger partial charge in [-0.15, -0.1) is 0 Å². The zero-order valence-corrected chi connectivity index (χ0v) is 10.6. The molecule has 0 fully saturated rings. The van der Waals surface area contributed by atoms with Crippen molar-refractivity contribution in [1.29, 1.82) is 0 Å². The molecule has 2 aromatic rings. The number of nitrogens with zero attached hydrogens (tertiary/aromatic N) is 1. The van der Waals surface area contributed by atoms with Crippen LogP contribution in [0.1, 0.15) is 16.7 Å². The Balaban J connectivity index is 1.77. The van der Waals surface area contributed by atoms with E-state index in [4.69, 9.17) is 0 Å². The molecule has 18 heavy (non-hydrogen) atoms. The molecule has 0 aliphatic carbocycles. The van der Waals surface area contributed by atoms with Crippen LogP contribution in [0.15, 0.2) is 54.9 Å². The average molecular weight is 238 g/mol. The summed E-state index contributed by atoms with van der Waals surface area (Å²) in [6.45, 7) is 3.84. The van der Waals surface area contributed by atoms with Gasteiger partial charge in [-0.2, -0.15) is 0 Å². The molecule has 2 rings (SSSR count). The minimum atomic E-state index is 0.872. The SMILES string of the molecule is Cc1cnccc1CNC/C=C/c1ccccc1. The summed E-state index contributed by atoms with van der Waals surface area (Å²) in [7, 11) is 0. The lowest BCUT2D eigenvalue weighted by Crippen LogP contribution is -2.13. The molecule has 0 radical (unpaired) electrons. The fourth-order valence-corrected chi connectivity index (χ4v) is 1.75. The molecular formula is C16H18N2. The van der Waals surface area contributed by atoms with Gasteiger partial charge in [0.1, 0.15) is 0 Å². The highest BCUT2D eigenvalue weighted by atomic mass is 14.8. The Bertz CT molecular complexity index is 504. The Hall–Kier alpha value is -1.93.